The molecule has 1 aromatic carbocycles. The first-order valence-corrected chi connectivity index (χ1v) is 6.98. The van der Waals surface area contributed by atoms with Gasteiger partial charge in [0, 0.05) is 25.6 Å². The van der Waals surface area contributed by atoms with E-state index in [4.69, 9.17) is 0 Å². The Labute approximate surface area is 109 Å². The predicted octanol–water partition coefficient (Wildman–Crippen LogP) is 4.46. The SMILES string of the molecule is Cc1c(Br)ccc2c1C(=O)C(C)C(C)(C)S2. The number of hydrogen-bond acceptors (Lipinski definition) is 2. The van der Waals surface area contributed by atoms with Gasteiger partial charge >= 0.3 is 0 Å². The molecule has 0 saturated carbocycles. The molecular weight excluding hydrogens is 284 g/mol. The van der Waals surface area contributed by atoms with Gasteiger partial charge < -0.3 is 0 Å². The molecule has 0 aromatic heterocycles. The molecule has 1 nitrogen and oxygen atoms in total. The highest BCUT2D eigenvalue weighted by molar-refractivity contribution is 9.10. The van der Waals surface area contributed by atoms with Crippen LogP contribution in [0.2, 0.25) is 0 Å². The summed E-state index contributed by atoms with van der Waals surface area (Å²) in [7, 11) is 0. The number of benzene rings is 1. The summed E-state index contributed by atoms with van der Waals surface area (Å²) >= 11 is 5.30. The number of thioether (sulfide) groups is 1. The minimum absolute atomic E-state index is 0.00957. The maximum absolute atomic E-state index is 12.4. The third kappa shape index (κ3) is 1.74. The molecule has 1 aliphatic rings. The standard InChI is InChI=1S/C13H15BrOS/c1-7-9(14)5-6-10-11(7)12(15)8(2)13(3,4)16-10/h5-6,8H,1-4H3. The lowest BCUT2D eigenvalue weighted by Crippen LogP contribution is -2.36. The maximum Gasteiger partial charge on any atom is 0.168 e. The predicted molar refractivity (Wildman–Crippen MR) is 72.3 cm³/mol. The first kappa shape index (κ1) is 12.2. The van der Waals surface area contributed by atoms with Crippen molar-refractivity contribution in [1.29, 1.82) is 0 Å². The van der Waals surface area contributed by atoms with E-state index in [9.17, 15) is 4.79 Å². The quantitative estimate of drug-likeness (QED) is 0.703. The van der Waals surface area contributed by atoms with Crippen molar-refractivity contribution in [3.05, 3.63) is 27.7 Å². The van der Waals surface area contributed by atoms with E-state index in [1.54, 1.807) is 0 Å². The lowest BCUT2D eigenvalue weighted by molar-refractivity contribution is 0.0903. The van der Waals surface area contributed by atoms with Gasteiger partial charge in [-0.15, -0.1) is 11.8 Å². The van der Waals surface area contributed by atoms with E-state index in [1.807, 2.05) is 37.7 Å². The zero-order valence-corrected chi connectivity index (χ0v) is 12.3. The van der Waals surface area contributed by atoms with Crippen molar-refractivity contribution in [3.63, 3.8) is 0 Å². The number of rotatable bonds is 0. The molecule has 0 fully saturated rings. The smallest absolute Gasteiger partial charge is 0.168 e. The first-order chi connectivity index (χ1) is 7.34. The largest absolute Gasteiger partial charge is 0.294 e. The molecule has 0 saturated heterocycles. The molecule has 0 N–H and O–H groups in total. The van der Waals surface area contributed by atoms with Crippen molar-refractivity contribution < 1.29 is 4.79 Å². The Morgan fingerprint density at radius 1 is 1.38 bits per heavy atom. The second kappa shape index (κ2) is 3.88. The van der Waals surface area contributed by atoms with E-state index >= 15 is 0 Å². The third-order valence-electron chi connectivity index (χ3n) is 3.42. The Kier molecular flexibility index (Phi) is 2.96. The lowest BCUT2D eigenvalue weighted by Gasteiger charge is -2.36. The van der Waals surface area contributed by atoms with Gasteiger partial charge in [0.2, 0.25) is 0 Å². The van der Waals surface area contributed by atoms with Crippen LogP contribution in [-0.4, -0.2) is 10.5 Å². The van der Waals surface area contributed by atoms with Gasteiger partial charge in [0.1, 0.15) is 0 Å². The van der Waals surface area contributed by atoms with Crippen LogP contribution in [0, 0.1) is 12.8 Å². The number of halogens is 1. The molecule has 1 atom stereocenters. The van der Waals surface area contributed by atoms with Crippen molar-refractivity contribution >= 4 is 33.5 Å². The summed E-state index contributed by atoms with van der Waals surface area (Å²) in [5, 5.41) is 0. The number of Topliss-reactive ketones (excluding diaryl/α,β-unsaturated/α-hetero) is 1. The van der Waals surface area contributed by atoms with Crippen molar-refractivity contribution in [3.8, 4) is 0 Å². The van der Waals surface area contributed by atoms with Crippen LogP contribution in [0.1, 0.15) is 36.7 Å². The molecule has 0 amide bonds. The fourth-order valence-corrected chi connectivity index (χ4v) is 3.63. The number of carbonyl (C=O) groups excluding carboxylic acids is 1. The summed E-state index contributed by atoms with van der Waals surface area (Å²) in [6, 6.07) is 4.07. The van der Waals surface area contributed by atoms with Crippen LogP contribution in [-0.2, 0) is 0 Å². The molecule has 1 aliphatic heterocycles. The van der Waals surface area contributed by atoms with E-state index in [-0.39, 0.29) is 16.4 Å². The third-order valence-corrected chi connectivity index (χ3v) is 5.72. The maximum atomic E-state index is 12.4. The molecule has 16 heavy (non-hydrogen) atoms. The Morgan fingerprint density at radius 2 is 2.00 bits per heavy atom. The van der Waals surface area contributed by atoms with Crippen molar-refractivity contribution in [1.82, 2.24) is 0 Å². The second-order valence-electron chi connectivity index (χ2n) is 4.84. The molecule has 0 aliphatic carbocycles. The topological polar surface area (TPSA) is 17.1 Å². The fraction of sp³-hybridized carbons (Fsp3) is 0.462. The van der Waals surface area contributed by atoms with Gasteiger partial charge in [-0.3, -0.25) is 4.79 Å². The highest BCUT2D eigenvalue weighted by Crippen LogP contribution is 2.47. The number of carbonyl (C=O) groups is 1. The molecular formula is C13H15BrOS. The monoisotopic (exact) mass is 298 g/mol. The molecule has 86 valence electrons. The van der Waals surface area contributed by atoms with Gasteiger partial charge in [-0.1, -0.05) is 22.9 Å². The molecule has 3 heteroatoms. The summed E-state index contributed by atoms with van der Waals surface area (Å²) in [6.45, 7) is 8.31. The molecule has 1 unspecified atom stereocenters. The van der Waals surface area contributed by atoms with Crippen LogP contribution in [0.5, 0.6) is 0 Å². The number of fused-ring (bicyclic) bond motifs is 1. The van der Waals surface area contributed by atoms with Crippen molar-refractivity contribution in [2.75, 3.05) is 0 Å². The Bertz CT molecular complexity index is 465. The van der Waals surface area contributed by atoms with Gasteiger partial charge in [0.05, 0.1) is 0 Å². The molecule has 0 bridgehead atoms. The van der Waals surface area contributed by atoms with Crippen LogP contribution in [0.3, 0.4) is 0 Å². The van der Waals surface area contributed by atoms with E-state index < -0.39 is 0 Å². The second-order valence-corrected chi connectivity index (χ2v) is 7.39. The van der Waals surface area contributed by atoms with E-state index in [0.29, 0.717) is 0 Å². The van der Waals surface area contributed by atoms with Gasteiger partial charge in [-0.25, -0.2) is 0 Å². The van der Waals surface area contributed by atoms with Crippen LogP contribution >= 0.6 is 27.7 Å². The van der Waals surface area contributed by atoms with Gasteiger partial charge in [0.25, 0.3) is 0 Å². The molecule has 1 aromatic rings. The van der Waals surface area contributed by atoms with Gasteiger partial charge in [-0.05, 0) is 38.5 Å². The summed E-state index contributed by atoms with van der Waals surface area (Å²) in [5.74, 6) is 0.343. The zero-order chi connectivity index (χ0) is 12.1. The minimum atomic E-state index is -0.00957. The minimum Gasteiger partial charge on any atom is -0.294 e. The summed E-state index contributed by atoms with van der Waals surface area (Å²) in [5.41, 5.74) is 1.98. The van der Waals surface area contributed by atoms with E-state index in [1.165, 1.54) is 0 Å². The van der Waals surface area contributed by atoms with Crippen molar-refractivity contribution in [2.24, 2.45) is 5.92 Å². The Balaban J connectivity index is 2.64. The van der Waals surface area contributed by atoms with Crippen LogP contribution in [0.25, 0.3) is 0 Å². The van der Waals surface area contributed by atoms with Crippen LogP contribution < -0.4 is 0 Å². The van der Waals surface area contributed by atoms with E-state index in [2.05, 4.69) is 29.8 Å². The van der Waals surface area contributed by atoms with Gasteiger partial charge in [-0.2, -0.15) is 0 Å². The average Bonchev–Trinajstić information content (AvgIpc) is 2.20. The highest BCUT2D eigenvalue weighted by atomic mass is 79.9. The average molecular weight is 299 g/mol. The molecule has 2 rings (SSSR count). The van der Waals surface area contributed by atoms with Gasteiger partial charge in [0.15, 0.2) is 5.78 Å². The van der Waals surface area contributed by atoms with Crippen LogP contribution in [0.15, 0.2) is 21.5 Å². The summed E-state index contributed by atoms with van der Waals surface area (Å²) in [6.07, 6.45) is 0. The number of ketones is 1. The molecule has 1 heterocycles. The summed E-state index contributed by atoms with van der Waals surface area (Å²) in [4.78, 5) is 13.5. The number of hydrogen-bond donors (Lipinski definition) is 0. The first-order valence-electron chi connectivity index (χ1n) is 5.37. The Hall–Kier alpha value is -0.280. The highest BCUT2D eigenvalue weighted by Gasteiger charge is 2.39. The zero-order valence-electron chi connectivity index (χ0n) is 9.93. The summed E-state index contributed by atoms with van der Waals surface area (Å²) < 4.78 is 1.01. The Morgan fingerprint density at radius 3 is 2.62 bits per heavy atom. The molecule has 0 spiro atoms. The lowest BCUT2D eigenvalue weighted by atomic mass is 9.86. The fourth-order valence-electron chi connectivity index (χ4n) is 1.96. The van der Waals surface area contributed by atoms with Crippen molar-refractivity contribution in [2.45, 2.75) is 37.3 Å². The molecule has 0 radical (unpaired) electrons. The van der Waals surface area contributed by atoms with E-state index in [0.717, 1.165) is 20.5 Å². The van der Waals surface area contributed by atoms with Crippen LogP contribution in [0.4, 0.5) is 0 Å². The normalized spacial score (nSPS) is 23.1.